The zero-order valence-electron chi connectivity index (χ0n) is 16.9. The van der Waals surface area contributed by atoms with Crippen LogP contribution in [0, 0.1) is 0 Å². The topological polar surface area (TPSA) is 48.4 Å². The fourth-order valence-electron chi connectivity index (χ4n) is 3.11. The van der Waals surface area contributed by atoms with Gasteiger partial charge in [-0.1, -0.05) is 66.2 Å². The minimum Gasteiger partial charge on any atom is -0.487 e. The highest BCUT2D eigenvalue weighted by Crippen LogP contribution is 2.26. The predicted octanol–water partition coefficient (Wildman–Crippen LogP) is 6.56. The quantitative estimate of drug-likeness (QED) is 0.257. The van der Waals surface area contributed by atoms with E-state index in [1.807, 2.05) is 78.9 Å². The van der Waals surface area contributed by atoms with Crippen molar-refractivity contribution in [2.75, 3.05) is 0 Å². The molecule has 0 fully saturated rings. The highest BCUT2D eigenvalue weighted by molar-refractivity contribution is 6.31. The largest absolute Gasteiger partial charge is 0.487 e. The third-order valence-electron chi connectivity index (χ3n) is 4.63. The summed E-state index contributed by atoms with van der Waals surface area (Å²) < 4.78 is 11.1. The summed E-state index contributed by atoms with van der Waals surface area (Å²) in [6.07, 6.45) is 3.89. The first kappa shape index (κ1) is 20.6. The molecule has 0 N–H and O–H groups in total. The number of rotatable bonds is 6. The summed E-state index contributed by atoms with van der Waals surface area (Å²) >= 11 is 6.24. The maximum atomic E-state index is 11.0. The average molecular weight is 430 g/mol. The molecule has 4 nitrogen and oxygen atoms in total. The molecule has 4 rings (SSSR count). The number of esters is 1. The van der Waals surface area contributed by atoms with Gasteiger partial charge in [0.1, 0.15) is 23.6 Å². The first-order chi connectivity index (χ1) is 15.1. The van der Waals surface area contributed by atoms with Crippen molar-refractivity contribution in [2.24, 2.45) is 0 Å². The maximum absolute atomic E-state index is 11.0. The van der Waals surface area contributed by atoms with Gasteiger partial charge in [0.15, 0.2) is 0 Å². The summed E-state index contributed by atoms with van der Waals surface area (Å²) in [4.78, 5) is 15.8. The summed E-state index contributed by atoms with van der Waals surface area (Å²) in [7, 11) is 0. The summed E-state index contributed by atoms with van der Waals surface area (Å²) in [6.45, 7) is 1.75. The van der Waals surface area contributed by atoms with Crippen LogP contribution in [0.2, 0.25) is 5.02 Å². The van der Waals surface area contributed by atoms with Crippen LogP contribution in [-0.4, -0.2) is 11.0 Å². The van der Waals surface area contributed by atoms with Crippen molar-refractivity contribution in [1.82, 2.24) is 4.98 Å². The molecule has 0 aliphatic heterocycles. The lowest BCUT2D eigenvalue weighted by Crippen LogP contribution is -2.00. The van der Waals surface area contributed by atoms with E-state index >= 15 is 0 Å². The highest BCUT2D eigenvalue weighted by Gasteiger charge is 2.06. The molecule has 154 valence electrons. The average Bonchev–Trinajstić information content (AvgIpc) is 2.77. The number of carbonyl (C=O) groups excluding carboxylic acids is 1. The Balaban J connectivity index is 1.54. The molecule has 0 aliphatic carbocycles. The number of benzene rings is 3. The lowest BCUT2D eigenvalue weighted by Gasteiger charge is -2.10. The molecule has 31 heavy (non-hydrogen) atoms. The van der Waals surface area contributed by atoms with Gasteiger partial charge >= 0.3 is 5.97 Å². The molecule has 0 saturated carbocycles. The fraction of sp³-hybridized carbons (Fsp3) is 0.0769. The van der Waals surface area contributed by atoms with Crippen LogP contribution in [0.1, 0.15) is 23.7 Å². The molecule has 0 bridgehead atoms. The van der Waals surface area contributed by atoms with Gasteiger partial charge in [-0.25, -0.2) is 4.98 Å². The number of para-hydroxylation sites is 1. The van der Waals surface area contributed by atoms with Crippen LogP contribution >= 0.6 is 11.6 Å². The van der Waals surface area contributed by atoms with Crippen molar-refractivity contribution in [2.45, 2.75) is 13.5 Å². The number of ether oxygens (including phenoxy) is 2. The summed E-state index contributed by atoms with van der Waals surface area (Å²) in [5.41, 5.74) is 3.50. The molecule has 0 unspecified atom stereocenters. The van der Waals surface area contributed by atoms with E-state index in [-0.39, 0.29) is 5.97 Å². The zero-order valence-corrected chi connectivity index (χ0v) is 17.7. The second kappa shape index (κ2) is 9.45. The molecule has 0 amide bonds. The zero-order chi connectivity index (χ0) is 21.6. The van der Waals surface area contributed by atoms with Gasteiger partial charge in [-0.15, -0.1) is 0 Å². The van der Waals surface area contributed by atoms with Crippen LogP contribution in [0.25, 0.3) is 23.1 Å². The normalized spacial score (nSPS) is 11.0. The Labute approximate surface area is 185 Å². The van der Waals surface area contributed by atoms with E-state index in [4.69, 9.17) is 26.1 Å². The molecule has 0 saturated heterocycles. The van der Waals surface area contributed by atoms with Crippen LogP contribution in [0.4, 0.5) is 0 Å². The summed E-state index contributed by atoms with van der Waals surface area (Å²) in [6, 6.07) is 24.8. The maximum Gasteiger partial charge on any atom is 0.308 e. The van der Waals surface area contributed by atoms with Gasteiger partial charge in [-0.2, -0.15) is 0 Å². The Morgan fingerprint density at radius 2 is 1.74 bits per heavy atom. The number of fused-ring (bicyclic) bond motifs is 1. The van der Waals surface area contributed by atoms with Crippen molar-refractivity contribution >= 4 is 40.6 Å². The first-order valence-electron chi connectivity index (χ1n) is 9.81. The number of hydrogen-bond donors (Lipinski definition) is 0. The second-order valence-corrected chi connectivity index (χ2v) is 7.35. The number of pyridine rings is 1. The Morgan fingerprint density at radius 3 is 2.52 bits per heavy atom. The number of carbonyl (C=O) groups is 1. The Morgan fingerprint density at radius 1 is 0.935 bits per heavy atom. The first-order valence-corrected chi connectivity index (χ1v) is 10.2. The van der Waals surface area contributed by atoms with Gasteiger partial charge in [-0.05, 0) is 42.0 Å². The Hall–Kier alpha value is -3.63. The molecule has 3 aromatic carbocycles. The van der Waals surface area contributed by atoms with Crippen LogP contribution in [-0.2, 0) is 11.4 Å². The predicted molar refractivity (Wildman–Crippen MR) is 124 cm³/mol. The molecule has 0 aliphatic rings. The third kappa shape index (κ3) is 5.30. The smallest absolute Gasteiger partial charge is 0.308 e. The van der Waals surface area contributed by atoms with Crippen LogP contribution in [0.3, 0.4) is 0 Å². The van der Waals surface area contributed by atoms with Crippen LogP contribution < -0.4 is 9.47 Å². The molecular formula is C26H20ClNO3. The van der Waals surface area contributed by atoms with Gasteiger partial charge in [0.25, 0.3) is 0 Å². The lowest BCUT2D eigenvalue weighted by atomic mass is 10.1. The van der Waals surface area contributed by atoms with E-state index in [0.717, 1.165) is 27.7 Å². The highest BCUT2D eigenvalue weighted by atomic mass is 35.5. The van der Waals surface area contributed by atoms with Gasteiger partial charge in [0, 0.05) is 22.9 Å². The summed E-state index contributed by atoms with van der Waals surface area (Å²) in [5, 5.41) is 1.68. The van der Waals surface area contributed by atoms with Crippen molar-refractivity contribution in [3.8, 4) is 11.5 Å². The molecule has 1 aromatic heterocycles. The van der Waals surface area contributed by atoms with E-state index in [9.17, 15) is 4.79 Å². The molecule has 4 aromatic rings. The standard InChI is InChI=1S/C26H20ClNO3/c1-18(29)31-23-15-10-19(11-16-23)9-13-22-14-12-20-6-4-8-25(26(20)28-22)30-17-21-5-2-3-7-24(21)27/h2-16H,17H2,1H3/b13-9+. The SMILES string of the molecule is CC(=O)Oc1ccc(/C=C/c2ccc3cccc(OCc4ccccc4Cl)c3n2)cc1. The lowest BCUT2D eigenvalue weighted by molar-refractivity contribution is -0.131. The number of hydrogen-bond acceptors (Lipinski definition) is 4. The minimum atomic E-state index is -0.337. The van der Waals surface area contributed by atoms with Gasteiger partial charge in [0.2, 0.25) is 0 Å². The van der Waals surface area contributed by atoms with Crippen molar-refractivity contribution in [1.29, 1.82) is 0 Å². The fourth-order valence-corrected chi connectivity index (χ4v) is 3.30. The van der Waals surface area contributed by atoms with E-state index < -0.39 is 0 Å². The van der Waals surface area contributed by atoms with Crippen molar-refractivity contribution < 1.29 is 14.3 Å². The van der Waals surface area contributed by atoms with Crippen LogP contribution in [0.15, 0.2) is 78.9 Å². The second-order valence-electron chi connectivity index (χ2n) is 6.94. The number of nitrogens with zero attached hydrogens (tertiary/aromatic N) is 1. The molecular weight excluding hydrogens is 410 g/mol. The van der Waals surface area contributed by atoms with Gasteiger partial charge < -0.3 is 9.47 Å². The van der Waals surface area contributed by atoms with E-state index in [1.165, 1.54) is 6.92 Å². The number of halogens is 1. The molecule has 0 radical (unpaired) electrons. The van der Waals surface area contributed by atoms with Crippen molar-refractivity contribution in [3.63, 3.8) is 0 Å². The third-order valence-corrected chi connectivity index (χ3v) is 5.00. The van der Waals surface area contributed by atoms with Crippen molar-refractivity contribution in [3.05, 3.63) is 101 Å². The molecule has 0 atom stereocenters. The monoisotopic (exact) mass is 429 g/mol. The molecule has 5 heteroatoms. The van der Waals surface area contributed by atoms with Gasteiger partial charge in [0.05, 0.1) is 5.69 Å². The minimum absolute atomic E-state index is 0.337. The van der Waals surface area contributed by atoms with Gasteiger partial charge in [-0.3, -0.25) is 4.79 Å². The van der Waals surface area contributed by atoms with E-state index in [0.29, 0.717) is 23.1 Å². The summed E-state index contributed by atoms with van der Waals surface area (Å²) in [5.74, 6) is 0.892. The molecule has 1 heterocycles. The van der Waals surface area contributed by atoms with E-state index in [1.54, 1.807) is 12.1 Å². The Bertz CT molecular complexity index is 1250. The van der Waals surface area contributed by atoms with E-state index in [2.05, 4.69) is 0 Å². The Kier molecular flexibility index (Phi) is 6.29. The molecule has 0 spiro atoms. The van der Waals surface area contributed by atoms with Crippen LogP contribution in [0.5, 0.6) is 11.5 Å². The number of aromatic nitrogens is 1.